The first-order valence-corrected chi connectivity index (χ1v) is 10.4. The van der Waals surface area contributed by atoms with E-state index in [2.05, 4.69) is 32.1 Å². The van der Waals surface area contributed by atoms with E-state index in [1.807, 2.05) is 26.0 Å². The molecule has 1 aromatic heterocycles. The number of alkyl halides is 3. The Morgan fingerprint density at radius 2 is 2.12 bits per heavy atom. The van der Waals surface area contributed by atoms with Crippen molar-refractivity contribution in [2.24, 2.45) is 4.99 Å². The Kier molecular flexibility index (Phi) is 12.4. The third-order valence-corrected chi connectivity index (χ3v) is 4.59. The monoisotopic (exact) mass is 488 g/mol. The van der Waals surface area contributed by atoms with Crippen molar-refractivity contribution in [1.29, 1.82) is 0 Å². The summed E-state index contributed by atoms with van der Waals surface area (Å²) in [5.41, 5.74) is 2.44. The molecule has 0 fully saturated rings. The Hall–Kier alpha value is -1.50. The van der Waals surface area contributed by atoms with Gasteiger partial charge in [-0.2, -0.15) is 31.0 Å². The zero-order valence-corrected chi connectivity index (χ0v) is 22.1. The molecule has 11 heteroatoms. The number of rotatable bonds is 8. The van der Waals surface area contributed by atoms with E-state index >= 15 is 0 Å². The molecule has 1 amide bonds. The van der Waals surface area contributed by atoms with E-state index in [-0.39, 0.29) is 57.4 Å². The van der Waals surface area contributed by atoms with Crippen LogP contribution in [0, 0.1) is 13.1 Å². The van der Waals surface area contributed by atoms with Gasteiger partial charge in [0.1, 0.15) is 0 Å². The van der Waals surface area contributed by atoms with Crippen LogP contribution < -0.4 is 67.3 Å². The second-order valence-electron chi connectivity index (χ2n) is 6.40. The first-order valence-electron chi connectivity index (χ1n) is 9.14. The molecule has 0 aliphatic carbocycles. The van der Waals surface area contributed by atoms with Gasteiger partial charge in [0.2, 0.25) is 5.91 Å². The van der Waals surface area contributed by atoms with Crippen molar-refractivity contribution < 1.29 is 69.4 Å². The van der Waals surface area contributed by atoms with Gasteiger partial charge in [-0.3, -0.25) is 4.79 Å². The van der Waals surface area contributed by atoms with Crippen LogP contribution in [0.4, 0.5) is 24.7 Å². The number of benzene rings is 1. The molecule has 3 N–H and O–H groups in total. The van der Waals surface area contributed by atoms with Crippen LogP contribution in [-0.2, 0) is 4.79 Å². The number of anilines is 2. The fourth-order valence-corrected chi connectivity index (χ4v) is 2.78. The Labute approximate surface area is 232 Å². The van der Waals surface area contributed by atoms with Crippen LogP contribution >= 0.6 is 11.8 Å². The molecule has 0 bridgehead atoms. The van der Waals surface area contributed by atoms with Gasteiger partial charge in [-0.1, -0.05) is 19.1 Å². The van der Waals surface area contributed by atoms with Gasteiger partial charge in [0.05, 0.1) is 0 Å². The number of aliphatic imine (C=N–C) groups is 1. The van der Waals surface area contributed by atoms with Gasteiger partial charge in [-0.25, -0.2) is 4.99 Å². The summed E-state index contributed by atoms with van der Waals surface area (Å²) in [7, 11) is 0. The predicted octanol–water partition coefficient (Wildman–Crippen LogP) is 1.93. The number of thioether (sulfide) groups is 1. The summed E-state index contributed by atoms with van der Waals surface area (Å²) in [6.07, 6.45) is 4.79. The fraction of sp³-hybridized carbons (Fsp3) is 0.238. The van der Waals surface area contributed by atoms with Crippen LogP contribution in [0.2, 0.25) is 0 Å². The average Bonchev–Trinajstić information content (AvgIpc) is 3.12. The average molecular weight is 489 g/mol. The molecule has 32 heavy (non-hydrogen) atoms. The summed E-state index contributed by atoms with van der Waals surface area (Å²) in [5, 5.41) is 7.64. The second kappa shape index (κ2) is 13.9. The third kappa shape index (κ3) is 9.97. The van der Waals surface area contributed by atoms with Crippen LogP contribution in [0.3, 0.4) is 0 Å². The van der Waals surface area contributed by atoms with Crippen molar-refractivity contribution in [2.75, 3.05) is 16.9 Å². The number of nitrogens with one attached hydrogen (secondary N) is 3. The van der Waals surface area contributed by atoms with Crippen LogP contribution in [0.1, 0.15) is 24.1 Å². The van der Waals surface area contributed by atoms with E-state index in [1.54, 1.807) is 30.6 Å². The number of amides is 1. The molecular formula is C21H22F3KN5OS-. The van der Waals surface area contributed by atoms with Crippen LogP contribution in [0.15, 0.2) is 60.0 Å². The van der Waals surface area contributed by atoms with Gasteiger partial charge < -0.3 is 27.1 Å². The number of carbonyl (C=O) groups excluding carboxylic acids is 1. The Morgan fingerprint density at radius 3 is 2.75 bits per heavy atom. The van der Waals surface area contributed by atoms with Crippen LogP contribution in [0.5, 0.6) is 0 Å². The standard InChI is InChI=1S/C21H22F3N5OS.K/c1-14-11-18(28-13-14)26-10-9-25-15(2)16-5-4-6-17(12-16)29-19(30)7-8-27-20(31-3)21(22,23)24;/h4-8,10-13,15,25H,1-3H3,(H,26,28)(H,29,30);/q-2;+1/b8-7+,27-20?;. The molecule has 0 aliphatic rings. The van der Waals surface area contributed by atoms with Crippen molar-refractivity contribution >= 4 is 34.2 Å². The number of aromatic nitrogens is 1. The number of hydrogen-bond donors (Lipinski definition) is 3. The molecule has 0 radical (unpaired) electrons. The van der Waals surface area contributed by atoms with Crippen molar-refractivity contribution in [1.82, 2.24) is 10.3 Å². The molecule has 1 unspecified atom stereocenters. The number of carbonyl (C=O) groups is 1. The summed E-state index contributed by atoms with van der Waals surface area (Å²) >= 11 is 0.464. The first kappa shape index (κ1) is 28.5. The number of aryl methyl sites for hydroxylation is 1. The number of nitrogens with zero attached hydrogens (tertiary/aromatic N) is 2. The quantitative estimate of drug-likeness (QED) is 0.132. The van der Waals surface area contributed by atoms with Gasteiger partial charge in [0, 0.05) is 29.8 Å². The van der Waals surface area contributed by atoms with Gasteiger partial charge >= 0.3 is 57.6 Å². The maximum atomic E-state index is 12.6. The van der Waals surface area contributed by atoms with E-state index in [0.717, 1.165) is 29.2 Å². The molecule has 0 aliphatic heterocycles. The van der Waals surface area contributed by atoms with E-state index < -0.39 is 17.1 Å². The maximum absolute atomic E-state index is 12.6. The van der Waals surface area contributed by atoms with Crippen molar-refractivity contribution in [3.05, 3.63) is 72.3 Å². The zero-order chi connectivity index (χ0) is 22.9. The second-order valence-corrected chi connectivity index (χ2v) is 7.19. The van der Waals surface area contributed by atoms with Gasteiger partial charge in [0.15, 0.2) is 5.04 Å². The van der Waals surface area contributed by atoms with E-state index in [4.69, 9.17) is 0 Å². The van der Waals surface area contributed by atoms with Crippen LogP contribution in [0.25, 0.3) is 0 Å². The maximum Gasteiger partial charge on any atom is 1.00 e. The first-order chi connectivity index (χ1) is 14.7. The molecule has 0 saturated heterocycles. The molecule has 166 valence electrons. The summed E-state index contributed by atoms with van der Waals surface area (Å²) in [6.45, 7) is 3.87. The Morgan fingerprint density at radius 1 is 1.38 bits per heavy atom. The SMILES string of the molecule is CSC(=N/C=C/C(=O)Nc1cccc(C(C)N[C-]=CNc2[cH-]c(C)cn2)c1)C(F)(F)F.[K+]. The summed E-state index contributed by atoms with van der Waals surface area (Å²) in [6, 6.07) is 8.86. The minimum atomic E-state index is -4.54. The molecule has 6 nitrogen and oxygen atoms in total. The Bertz CT molecular complexity index is 972. The van der Waals surface area contributed by atoms with Crippen molar-refractivity contribution in [3.8, 4) is 0 Å². The van der Waals surface area contributed by atoms with Gasteiger partial charge in [0.25, 0.3) is 0 Å². The zero-order valence-electron chi connectivity index (χ0n) is 18.1. The third-order valence-electron chi connectivity index (χ3n) is 3.87. The molecule has 1 aromatic carbocycles. The van der Waals surface area contributed by atoms with Crippen LogP contribution in [-0.4, -0.2) is 28.4 Å². The number of halogens is 3. The topological polar surface area (TPSA) is 78.4 Å². The van der Waals surface area contributed by atoms with Gasteiger partial charge in [-0.15, -0.1) is 18.0 Å². The largest absolute Gasteiger partial charge is 1.00 e. The summed E-state index contributed by atoms with van der Waals surface area (Å²) < 4.78 is 37.8. The van der Waals surface area contributed by atoms with E-state index in [9.17, 15) is 18.0 Å². The Balaban J connectivity index is 0.00000512. The molecule has 2 aromatic rings. The molecule has 0 saturated carbocycles. The summed E-state index contributed by atoms with van der Waals surface area (Å²) in [4.78, 5) is 19.4. The van der Waals surface area contributed by atoms with Crippen molar-refractivity contribution in [3.63, 3.8) is 0 Å². The fourth-order valence-electron chi connectivity index (χ4n) is 2.38. The van der Waals surface area contributed by atoms with Crippen molar-refractivity contribution in [2.45, 2.75) is 26.1 Å². The molecule has 1 atom stereocenters. The number of hydrogen-bond acceptors (Lipinski definition) is 6. The minimum absolute atomic E-state index is 0. The normalized spacial score (nSPS) is 13.1. The smallest absolute Gasteiger partial charge is 0.560 e. The van der Waals surface area contributed by atoms with Gasteiger partial charge in [-0.05, 0) is 30.9 Å². The molecule has 2 rings (SSSR count). The summed E-state index contributed by atoms with van der Waals surface area (Å²) in [5.74, 6) is 0.138. The minimum Gasteiger partial charge on any atom is -0.560 e. The molecule has 0 spiro atoms. The van der Waals surface area contributed by atoms with E-state index in [0.29, 0.717) is 17.4 Å². The predicted molar refractivity (Wildman–Crippen MR) is 119 cm³/mol. The van der Waals surface area contributed by atoms with E-state index in [1.165, 1.54) is 6.26 Å². The molecule has 1 heterocycles. The molecular weight excluding hydrogens is 466 g/mol.